The van der Waals surface area contributed by atoms with Crippen molar-refractivity contribution in [3.05, 3.63) is 10.6 Å². The number of aryl methyl sites for hydroxylation is 1. The topological polar surface area (TPSA) is 92.2 Å². The van der Waals surface area contributed by atoms with E-state index < -0.39 is 11.9 Å². The third-order valence-electron chi connectivity index (χ3n) is 4.36. The van der Waals surface area contributed by atoms with E-state index in [2.05, 4.69) is 14.9 Å². The molecule has 2 N–H and O–H groups in total. The van der Waals surface area contributed by atoms with Gasteiger partial charge in [0.25, 0.3) is 5.91 Å². The lowest BCUT2D eigenvalue weighted by atomic mass is 9.84. The van der Waals surface area contributed by atoms with E-state index >= 15 is 0 Å². The van der Waals surface area contributed by atoms with E-state index in [0.717, 1.165) is 30.8 Å². The summed E-state index contributed by atoms with van der Waals surface area (Å²) in [6.45, 7) is 1.73. The average molecular weight is 281 g/mol. The first-order valence-corrected chi connectivity index (χ1v) is 7.18. The van der Waals surface area contributed by atoms with Crippen LogP contribution >= 0.6 is 11.5 Å². The minimum atomic E-state index is -0.795. The van der Waals surface area contributed by atoms with E-state index in [4.69, 9.17) is 0 Å². The summed E-state index contributed by atoms with van der Waals surface area (Å²) in [6, 6.07) is -0.245. The van der Waals surface area contributed by atoms with Crippen LogP contribution in [0.25, 0.3) is 0 Å². The number of hydrogen-bond donors (Lipinski definition) is 2. The Bertz CT molecular complexity index is 530. The van der Waals surface area contributed by atoms with E-state index in [1.807, 2.05) is 0 Å². The van der Waals surface area contributed by atoms with Gasteiger partial charge in [0.05, 0.1) is 11.6 Å². The number of rotatable bonds is 3. The molecule has 4 atom stereocenters. The molecule has 4 unspecified atom stereocenters. The molecule has 0 saturated heterocycles. The lowest BCUT2D eigenvalue weighted by Gasteiger charge is -2.28. The molecule has 1 aromatic rings. The first-order valence-electron chi connectivity index (χ1n) is 6.40. The molecule has 0 aromatic carbocycles. The Kier molecular flexibility index (Phi) is 3.00. The molecule has 2 fully saturated rings. The largest absolute Gasteiger partial charge is 0.481 e. The second kappa shape index (κ2) is 4.56. The molecule has 1 amide bonds. The predicted molar refractivity (Wildman–Crippen MR) is 67.9 cm³/mol. The van der Waals surface area contributed by atoms with Gasteiger partial charge in [0.15, 0.2) is 0 Å². The van der Waals surface area contributed by atoms with Crippen molar-refractivity contribution in [2.45, 2.75) is 32.2 Å². The molecule has 0 spiro atoms. The number of hydrogen-bond acceptors (Lipinski definition) is 5. The highest BCUT2D eigenvalue weighted by atomic mass is 32.1. The standard InChI is InChI=1S/C12H15N3O3S/c1-5-10(19-15-14-5)11(16)13-9-7-3-2-6(4-7)8(9)12(17)18/h6-9H,2-4H2,1H3,(H,13,16)(H,17,18). The summed E-state index contributed by atoms with van der Waals surface area (Å²) in [4.78, 5) is 24.0. The number of nitrogens with one attached hydrogen (secondary N) is 1. The van der Waals surface area contributed by atoms with Gasteiger partial charge in [-0.05, 0) is 49.6 Å². The van der Waals surface area contributed by atoms with Crippen LogP contribution in [-0.2, 0) is 4.79 Å². The minimum Gasteiger partial charge on any atom is -0.481 e. The summed E-state index contributed by atoms with van der Waals surface area (Å²) in [5, 5.41) is 16.0. The highest BCUT2D eigenvalue weighted by Gasteiger charge is 2.51. The molecular weight excluding hydrogens is 266 g/mol. The molecule has 2 bridgehead atoms. The molecule has 2 aliphatic carbocycles. The second-order valence-electron chi connectivity index (χ2n) is 5.38. The molecule has 3 rings (SSSR count). The summed E-state index contributed by atoms with van der Waals surface area (Å²) < 4.78 is 3.73. The lowest BCUT2D eigenvalue weighted by Crippen LogP contribution is -2.46. The Labute approximate surface area is 114 Å². The molecule has 2 saturated carbocycles. The van der Waals surface area contributed by atoms with Crippen LogP contribution in [0.5, 0.6) is 0 Å². The maximum atomic E-state index is 12.2. The third kappa shape index (κ3) is 2.01. The number of aromatic nitrogens is 2. The average Bonchev–Trinajstić information content (AvgIpc) is 3.03. The van der Waals surface area contributed by atoms with Gasteiger partial charge in [-0.2, -0.15) is 0 Å². The fraction of sp³-hybridized carbons (Fsp3) is 0.667. The van der Waals surface area contributed by atoms with Crippen molar-refractivity contribution >= 4 is 23.4 Å². The van der Waals surface area contributed by atoms with E-state index in [1.54, 1.807) is 6.92 Å². The fourth-order valence-corrected chi connectivity index (χ4v) is 4.07. The van der Waals surface area contributed by atoms with Gasteiger partial charge >= 0.3 is 5.97 Å². The third-order valence-corrected chi connectivity index (χ3v) is 5.18. The fourth-order valence-electron chi connectivity index (χ4n) is 3.51. The smallest absolute Gasteiger partial charge is 0.308 e. The predicted octanol–water partition coefficient (Wildman–Crippen LogP) is 1.08. The van der Waals surface area contributed by atoms with Crippen LogP contribution in [0.1, 0.15) is 34.6 Å². The van der Waals surface area contributed by atoms with E-state index in [9.17, 15) is 14.7 Å². The number of carboxylic acids is 1. The normalized spacial score (nSPS) is 32.5. The molecule has 6 nitrogen and oxygen atoms in total. The van der Waals surface area contributed by atoms with E-state index in [0.29, 0.717) is 16.5 Å². The zero-order valence-corrected chi connectivity index (χ0v) is 11.3. The number of nitrogens with zero attached hydrogens (tertiary/aromatic N) is 2. The van der Waals surface area contributed by atoms with Gasteiger partial charge in [-0.15, -0.1) is 5.10 Å². The van der Waals surface area contributed by atoms with Gasteiger partial charge in [-0.25, -0.2) is 0 Å². The molecule has 102 valence electrons. The van der Waals surface area contributed by atoms with Crippen molar-refractivity contribution in [3.8, 4) is 0 Å². The van der Waals surface area contributed by atoms with Crippen molar-refractivity contribution < 1.29 is 14.7 Å². The zero-order chi connectivity index (χ0) is 13.6. The number of carbonyl (C=O) groups excluding carboxylic acids is 1. The summed E-state index contributed by atoms with van der Waals surface area (Å²) in [5.41, 5.74) is 0.595. The summed E-state index contributed by atoms with van der Waals surface area (Å²) in [5.74, 6) is -0.957. The summed E-state index contributed by atoms with van der Waals surface area (Å²) >= 11 is 1.05. The van der Waals surface area contributed by atoms with Gasteiger partial charge in [0.1, 0.15) is 4.88 Å². The number of carbonyl (C=O) groups is 2. The SMILES string of the molecule is Cc1nnsc1C(=O)NC1C2CCC(C2)C1C(=O)O. The molecule has 19 heavy (non-hydrogen) atoms. The molecular formula is C12H15N3O3S. The lowest BCUT2D eigenvalue weighted by molar-refractivity contribution is -0.144. The van der Waals surface area contributed by atoms with E-state index in [1.165, 1.54) is 0 Å². The van der Waals surface area contributed by atoms with Gasteiger partial charge in [0, 0.05) is 6.04 Å². The highest BCUT2D eigenvalue weighted by Crippen LogP contribution is 2.48. The summed E-state index contributed by atoms with van der Waals surface area (Å²) in [7, 11) is 0. The molecule has 0 aliphatic heterocycles. The van der Waals surface area contributed by atoms with Crippen LogP contribution in [0.4, 0.5) is 0 Å². The molecule has 2 aliphatic rings. The van der Waals surface area contributed by atoms with Crippen LogP contribution in [0, 0.1) is 24.7 Å². The van der Waals surface area contributed by atoms with Gasteiger partial charge in [-0.3, -0.25) is 9.59 Å². The van der Waals surface area contributed by atoms with Crippen molar-refractivity contribution in [3.63, 3.8) is 0 Å². The molecule has 0 radical (unpaired) electrons. The zero-order valence-electron chi connectivity index (χ0n) is 10.5. The number of amides is 1. The van der Waals surface area contributed by atoms with Gasteiger partial charge < -0.3 is 10.4 Å². The van der Waals surface area contributed by atoms with Crippen LogP contribution in [0.2, 0.25) is 0 Å². The second-order valence-corrected chi connectivity index (χ2v) is 6.14. The first-order chi connectivity index (χ1) is 9.08. The highest BCUT2D eigenvalue weighted by molar-refractivity contribution is 7.08. The number of carboxylic acid groups (broad SMARTS) is 1. The number of aliphatic carboxylic acids is 1. The van der Waals surface area contributed by atoms with Gasteiger partial charge in [-0.1, -0.05) is 4.49 Å². The Morgan fingerprint density at radius 2 is 2.11 bits per heavy atom. The van der Waals surface area contributed by atoms with Crippen molar-refractivity contribution in [1.29, 1.82) is 0 Å². The monoisotopic (exact) mass is 281 g/mol. The van der Waals surface area contributed by atoms with Crippen molar-refractivity contribution in [2.75, 3.05) is 0 Å². The first kappa shape index (κ1) is 12.5. The minimum absolute atomic E-state index is 0.216. The quantitative estimate of drug-likeness (QED) is 0.864. The Morgan fingerprint density at radius 1 is 1.37 bits per heavy atom. The van der Waals surface area contributed by atoms with E-state index in [-0.39, 0.29) is 17.9 Å². The Morgan fingerprint density at radius 3 is 2.74 bits per heavy atom. The van der Waals surface area contributed by atoms with Gasteiger partial charge in [0.2, 0.25) is 0 Å². The summed E-state index contributed by atoms with van der Waals surface area (Å²) in [6.07, 6.45) is 2.90. The molecule has 1 heterocycles. The maximum Gasteiger partial charge on any atom is 0.308 e. The van der Waals surface area contributed by atoms with Crippen molar-refractivity contribution in [1.82, 2.24) is 14.9 Å². The number of fused-ring (bicyclic) bond motifs is 2. The van der Waals surface area contributed by atoms with Crippen LogP contribution in [-0.4, -0.2) is 32.6 Å². The Balaban J connectivity index is 1.77. The maximum absolute atomic E-state index is 12.2. The Hall–Kier alpha value is -1.50. The van der Waals surface area contributed by atoms with Crippen LogP contribution < -0.4 is 5.32 Å². The van der Waals surface area contributed by atoms with Crippen LogP contribution in [0.3, 0.4) is 0 Å². The molecule has 1 aromatic heterocycles. The molecule has 7 heteroatoms. The van der Waals surface area contributed by atoms with Crippen molar-refractivity contribution in [2.24, 2.45) is 17.8 Å². The van der Waals surface area contributed by atoms with Crippen LogP contribution in [0.15, 0.2) is 0 Å².